The van der Waals surface area contributed by atoms with Crippen LogP contribution in [-0.4, -0.2) is 15.7 Å². The van der Waals surface area contributed by atoms with Gasteiger partial charge in [-0.2, -0.15) is 5.10 Å². The van der Waals surface area contributed by atoms with E-state index in [9.17, 15) is 4.79 Å². The van der Waals surface area contributed by atoms with E-state index >= 15 is 0 Å². The van der Waals surface area contributed by atoms with E-state index in [4.69, 9.17) is 5.73 Å². The standard InChI is InChI=1S/C15H20N4O.ClH/c1-10(14-9-17-19(3)11(14)2)18-15(20)8-12-4-6-13(16)7-5-12;/h4-7,9-10H,8,16H2,1-3H3,(H,18,20);1H. The quantitative estimate of drug-likeness (QED) is 0.850. The Balaban J connectivity index is 0.00000220. The van der Waals surface area contributed by atoms with Crippen LogP contribution in [-0.2, 0) is 18.3 Å². The van der Waals surface area contributed by atoms with Crippen LogP contribution in [0, 0.1) is 6.92 Å². The topological polar surface area (TPSA) is 72.9 Å². The van der Waals surface area contributed by atoms with Crippen LogP contribution in [0.15, 0.2) is 30.5 Å². The van der Waals surface area contributed by atoms with Crippen molar-refractivity contribution in [3.05, 3.63) is 47.3 Å². The number of aromatic nitrogens is 2. The van der Waals surface area contributed by atoms with E-state index in [1.54, 1.807) is 23.0 Å². The normalized spacial score (nSPS) is 11.6. The molecule has 6 heteroatoms. The number of nitrogens with one attached hydrogen (secondary N) is 1. The molecule has 3 N–H and O–H groups in total. The summed E-state index contributed by atoms with van der Waals surface area (Å²) in [6.07, 6.45) is 2.15. The maximum atomic E-state index is 12.0. The molecule has 0 aliphatic carbocycles. The Kier molecular flexibility index (Phi) is 5.79. The van der Waals surface area contributed by atoms with E-state index in [0.717, 1.165) is 16.8 Å². The van der Waals surface area contributed by atoms with Crippen LogP contribution < -0.4 is 11.1 Å². The zero-order valence-corrected chi connectivity index (χ0v) is 13.3. The molecule has 1 aromatic heterocycles. The number of hydrogen-bond donors (Lipinski definition) is 2. The molecule has 1 unspecified atom stereocenters. The number of carbonyl (C=O) groups excluding carboxylic acids is 1. The fourth-order valence-electron chi connectivity index (χ4n) is 2.13. The van der Waals surface area contributed by atoms with Crippen molar-refractivity contribution < 1.29 is 4.79 Å². The molecule has 0 spiro atoms. The van der Waals surface area contributed by atoms with Crippen molar-refractivity contribution in [3.8, 4) is 0 Å². The van der Waals surface area contributed by atoms with Crippen LogP contribution in [0.1, 0.15) is 29.8 Å². The number of nitrogens with zero attached hydrogens (tertiary/aromatic N) is 2. The van der Waals surface area contributed by atoms with Gasteiger partial charge in [-0.25, -0.2) is 0 Å². The second-order valence-corrected chi connectivity index (χ2v) is 5.02. The van der Waals surface area contributed by atoms with Crippen molar-refractivity contribution in [2.75, 3.05) is 5.73 Å². The fourth-order valence-corrected chi connectivity index (χ4v) is 2.13. The Morgan fingerprint density at radius 1 is 1.38 bits per heavy atom. The second kappa shape index (κ2) is 7.13. The van der Waals surface area contributed by atoms with Crippen molar-refractivity contribution in [3.63, 3.8) is 0 Å². The van der Waals surface area contributed by atoms with E-state index in [1.807, 2.05) is 33.0 Å². The maximum Gasteiger partial charge on any atom is 0.224 e. The first kappa shape index (κ1) is 17.0. The Bertz CT molecular complexity index is 607. The smallest absolute Gasteiger partial charge is 0.224 e. The van der Waals surface area contributed by atoms with Gasteiger partial charge in [0.15, 0.2) is 0 Å². The largest absolute Gasteiger partial charge is 0.399 e. The number of halogens is 1. The number of amides is 1. The summed E-state index contributed by atoms with van der Waals surface area (Å²) in [5, 5.41) is 7.18. The summed E-state index contributed by atoms with van der Waals surface area (Å²) in [4.78, 5) is 12.0. The van der Waals surface area contributed by atoms with E-state index in [0.29, 0.717) is 12.1 Å². The third kappa shape index (κ3) is 4.23. The Morgan fingerprint density at radius 3 is 2.52 bits per heavy atom. The molecule has 2 rings (SSSR count). The minimum atomic E-state index is -0.0509. The molecule has 0 saturated heterocycles. The first-order valence-corrected chi connectivity index (χ1v) is 6.59. The van der Waals surface area contributed by atoms with E-state index < -0.39 is 0 Å². The lowest BCUT2D eigenvalue weighted by molar-refractivity contribution is -0.121. The highest BCUT2D eigenvalue weighted by atomic mass is 35.5. The Hall–Kier alpha value is -2.01. The summed E-state index contributed by atoms with van der Waals surface area (Å²) in [5.41, 5.74) is 9.38. The fraction of sp³-hybridized carbons (Fsp3) is 0.333. The van der Waals surface area contributed by atoms with Crippen LogP contribution >= 0.6 is 12.4 Å². The molecule has 114 valence electrons. The molecule has 0 aliphatic heterocycles. The number of anilines is 1. The third-order valence-corrected chi connectivity index (χ3v) is 3.46. The highest BCUT2D eigenvalue weighted by Gasteiger charge is 2.14. The second-order valence-electron chi connectivity index (χ2n) is 5.02. The van der Waals surface area contributed by atoms with Crippen LogP contribution in [0.3, 0.4) is 0 Å². The molecule has 2 aromatic rings. The number of nitrogens with two attached hydrogens (primary N) is 1. The number of aryl methyl sites for hydroxylation is 1. The molecular weight excluding hydrogens is 288 g/mol. The van der Waals surface area contributed by atoms with Gasteiger partial charge in [0.2, 0.25) is 5.91 Å². The van der Waals surface area contributed by atoms with Gasteiger partial charge in [0.1, 0.15) is 0 Å². The third-order valence-electron chi connectivity index (χ3n) is 3.46. The molecule has 5 nitrogen and oxygen atoms in total. The number of rotatable bonds is 4. The van der Waals surface area contributed by atoms with Crippen molar-refractivity contribution in [1.82, 2.24) is 15.1 Å². The summed E-state index contributed by atoms with van der Waals surface area (Å²) in [6, 6.07) is 7.29. The SMILES string of the molecule is Cc1c(C(C)NC(=O)Cc2ccc(N)cc2)cnn1C.Cl. The average Bonchev–Trinajstić information content (AvgIpc) is 2.73. The molecular formula is C15H21ClN4O. The van der Waals surface area contributed by atoms with Gasteiger partial charge in [0.05, 0.1) is 18.7 Å². The molecule has 0 radical (unpaired) electrons. The molecule has 21 heavy (non-hydrogen) atoms. The van der Waals surface area contributed by atoms with Gasteiger partial charge < -0.3 is 11.1 Å². The predicted octanol–water partition coefficient (Wildman–Crippen LogP) is 2.15. The predicted molar refractivity (Wildman–Crippen MR) is 86.3 cm³/mol. The van der Waals surface area contributed by atoms with Gasteiger partial charge in [0, 0.05) is 24.0 Å². The summed E-state index contributed by atoms with van der Waals surface area (Å²) >= 11 is 0. The summed E-state index contributed by atoms with van der Waals surface area (Å²) < 4.78 is 1.80. The molecule has 0 bridgehead atoms. The van der Waals surface area contributed by atoms with Crippen molar-refractivity contribution in [1.29, 1.82) is 0 Å². The van der Waals surface area contributed by atoms with Crippen LogP contribution in [0.4, 0.5) is 5.69 Å². The molecule has 1 atom stereocenters. The minimum Gasteiger partial charge on any atom is -0.399 e. The highest BCUT2D eigenvalue weighted by Crippen LogP contribution is 2.16. The first-order chi connectivity index (χ1) is 9.47. The van der Waals surface area contributed by atoms with Crippen LogP contribution in [0.25, 0.3) is 0 Å². The van der Waals surface area contributed by atoms with Gasteiger partial charge in [-0.15, -0.1) is 12.4 Å². The molecule has 0 fully saturated rings. The van der Waals surface area contributed by atoms with E-state index in [-0.39, 0.29) is 24.4 Å². The lowest BCUT2D eigenvalue weighted by atomic mass is 10.1. The summed E-state index contributed by atoms with van der Waals surface area (Å²) in [5.74, 6) is -0.00877. The zero-order valence-electron chi connectivity index (χ0n) is 12.5. The van der Waals surface area contributed by atoms with Crippen molar-refractivity contribution in [2.45, 2.75) is 26.3 Å². The van der Waals surface area contributed by atoms with Gasteiger partial charge in [0.25, 0.3) is 0 Å². The average molecular weight is 309 g/mol. The van der Waals surface area contributed by atoms with Gasteiger partial charge in [-0.1, -0.05) is 12.1 Å². The van der Waals surface area contributed by atoms with Crippen molar-refractivity contribution >= 4 is 24.0 Å². The molecule has 0 aliphatic rings. The van der Waals surface area contributed by atoms with Crippen LogP contribution in [0.5, 0.6) is 0 Å². The molecule has 1 aromatic carbocycles. The number of carbonyl (C=O) groups is 1. The van der Waals surface area contributed by atoms with Gasteiger partial charge in [-0.3, -0.25) is 9.48 Å². The molecule has 1 amide bonds. The number of nitrogen functional groups attached to an aromatic ring is 1. The molecule has 0 saturated carbocycles. The summed E-state index contributed by atoms with van der Waals surface area (Å²) in [7, 11) is 1.89. The van der Waals surface area contributed by atoms with Gasteiger partial charge in [-0.05, 0) is 31.5 Å². The lowest BCUT2D eigenvalue weighted by Crippen LogP contribution is -2.28. The zero-order chi connectivity index (χ0) is 14.7. The Labute approximate surface area is 130 Å². The van der Waals surface area contributed by atoms with Crippen LogP contribution in [0.2, 0.25) is 0 Å². The van der Waals surface area contributed by atoms with Crippen molar-refractivity contribution in [2.24, 2.45) is 7.05 Å². The highest BCUT2D eigenvalue weighted by molar-refractivity contribution is 5.85. The molecule has 1 heterocycles. The monoisotopic (exact) mass is 308 g/mol. The number of hydrogen-bond acceptors (Lipinski definition) is 3. The minimum absolute atomic E-state index is 0. The lowest BCUT2D eigenvalue weighted by Gasteiger charge is -2.14. The Morgan fingerprint density at radius 2 is 2.00 bits per heavy atom. The summed E-state index contributed by atoms with van der Waals surface area (Å²) in [6.45, 7) is 3.95. The first-order valence-electron chi connectivity index (χ1n) is 6.59. The maximum absolute atomic E-state index is 12.0. The van der Waals surface area contributed by atoms with E-state index in [1.165, 1.54) is 0 Å². The van der Waals surface area contributed by atoms with E-state index in [2.05, 4.69) is 10.4 Å². The number of benzene rings is 1. The van der Waals surface area contributed by atoms with Gasteiger partial charge >= 0.3 is 0 Å².